The van der Waals surface area contributed by atoms with Crippen molar-refractivity contribution < 1.29 is 13.5 Å². The lowest BCUT2D eigenvalue weighted by Crippen LogP contribution is -2.21. The van der Waals surface area contributed by atoms with Gasteiger partial charge in [0.25, 0.3) is 0 Å². The van der Waals surface area contributed by atoms with Gasteiger partial charge in [0.2, 0.25) is 0 Å². The molecule has 0 aromatic heterocycles. The van der Waals surface area contributed by atoms with Crippen LogP contribution in [0.2, 0.25) is 5.02 Å². The number of sulfone groups is 1. The van der Waals surface area contributed by atoms with Gasteiger partial charge in [-0.3, -0.25) is 0 Å². The second kappa shape index (κ2) is 4.70. The minimum atomic E-state index is -3.48. The van der Waals surface area contributed by atoms with Crippen LogP contribution in [0.1, 0.15) is 11.7 Å². The zero-order chi connectivity index (χ0) is 11.6. The summed E-state index contributed by atoms with van der Waals surface area (Å²) < 4.78 is 20.8. The second-order valence-corrected chi connectivity index (χ2v) is 6.51. The van der Waals surface area contributed by atoms with Crippen molar-refractivity contribution in [3.8, 4) is 0 Å². The van der Waals surface area contributed by atoms with E-state index in [4.69, 9.17) is 23.2 Å². The van der Waals surface area contributed by atoms with Gasteiger partial charge in [-0.1, -0.05) is 23.7 Å². The third-order valence-electron chi connectivity index (χ3n) is 1.87. The molecule has 2 atom stereocenters. The van der Waals surface area contributed by atoms with E-state index in [1.165, 1.54) is 12.1 Å². The van der Waals surface area contributed by atoms with E-state index in [0.29, 0.717) is 10.6 Å². The molecule has 1 aromatic rings. The van der Waals surface area contributed by atoms with Crippen molar-refractivity contribution in [3.05, 3.63) is 34.9 Å². The van der Waals surface area contributed by atoms with E-state index in [9.17, 15) is 13.5 Å². The highest BCUT2D eigenvalue weighted by atomic mass is 35.5. The lowest BCUT2D eigenvalue weighted by molar-refractivity contribution is 0.192. The summed E-state index contributed by atoms with van der Waals surface area (Å²) >= 11 is 11.3. The van der Waals surface area contributed by atoms with Gasteiger partial charge in [-0.25, -0.2) is 8.42 Å². The molecular formula is C9H10Cl2O3S. The summed E-state index contributed by atoms with van der Waals surface area (Å²) in [6.07, 6.45) is -0.275. The third kappa shape index (κ3) is 3.34. The van der Waals surface area contributed by atoms with Gasteiger partial charge in [-0.15, -0.1) is 11.6 Å². The maximum absolute atomic E-state index is 11.1. The maximum atomic E-state index is 11.1. The Morgan fingerprint density at radius 1 is 1.27 bits per heavy atom. The van der Waals surface area contributed by atoms with Crippen LogP contribution in [-0.4, -0.2) is 24.5 Å². The first-order chi connectivity index (χ1) is 6.82. The Morgan fingerprint density at radius 2 is 1.73 bits per heavy atom. The summed E-state index contributed by atoms with van der Waals surface area (Å²) in [4.78, 5) is 0. The molecule has 0 amide bonds. The van der Waals surface area contributed by atoms with Crippen LogP contribution in [0.4, 0.5) is 0 Å². The van der Waals surface area contributed by atoms with Crippen LogP contribution in [0.3, 0.4) is 0 Å². The molecule has 0 aliphatic carbocycles. The Kier molecular flexibility index (Phi) is 4.00. The van der Waals surface area contributed by atoms with Crippen molar-refractivity contribution in [2.75, 3.05) is 6.26 Å². The van der Waals surface area contributed by atoms with Crippen molar-refractivity contribution in [1.29, 1.82) is 0 Å². The van der Waals surface area contributed by atoms with E-state index < -0.39 is 20.7 Å². The molecule has 0 saturated heterocycles. The van der Waals surface area contributed by atoms with Gasteiger partial charge in [-0.05, 0) is 17.7 Å². The summed E-state index contributed by atoms with van der Waals surface area (Å²) in [6, 6.07) is 6.19. The molecule has 0 bridgehead atoms. The van der Waals surface area contributed by atoms with E-state index in [0.717, 1.165) is 6.26 Å². The Morgan fingerprint density at radius 3 is 2.13 bits per heavy atom. The molecule has 3 nitrogen and oxygen atoms in total. The van der Waals surface area contributed by atoms with Gasteiger partial charge in [0.1, 0.15) is 6.10 Å². The predicted octanol–water partition coefficient (Wildman–Crippen LogP) is 1.98. The fourth-order valence-corrected chi connectivity index (χ4v) is 1.94. The molecule has 1 aromatic carbocycles. The Labute approximate surface area is 98.6 Å². The molecule has 1 N–H and O–H groups in total. The van der Waals surface area contributed by atoms with Gasteiger partial charge in [-0.2, -0.15) is 0 Å². The first-order valence-corrected chi connectivity index (χ1v) is 6.86. The van der Waals surface area contributed by atoms with E-state index >= 15 is 0 Å². The molecule has 0 unspecified atom stereocenters. The first-order valence-electron chi connectivity index (χ1n) is 4.09. The van der Waals surface area contributed by atoms with E-state index in [1.807, 2.05) is 0 Å². The molecule has 0 radical (unpaired) electrons. The molecular weight excluding hydrogens is 259 g/mol. The summed E-state index contributed by atoms with van der Waals surface area (Å²) in [5, 5.41) is 10.2. The number of aliphatic hydroxyl groups excluding tert-OH is 1. The van der Waals surface area contributed by atoms with E-state index in [2.05, 4.69) is 0 Å². The average molecular weight is 269 g/mol. The van der Waals surface area contributed by atoms with E-state index in [1.54, 1.807) is 12.1 Å². The Balaban J connectivity index is 2.95. The van der Waals surface area contributed by atoms with Gasteiger partial charge >= 0.3 is 0 Å². The molecule has 84 valence electrons. The second-order valence-electron chi connectivity index (χ2n) is 3.18. The highest BCUT2D eigenvalue weighted by Crippen LogP contribution is 2.25. The number of halogens is 2. The highest BCUT2D eigenvalue weighted by Gasteiger charge is 2.27. The van der Waals surface area contributed by atoms with Crippen LogP contribution in [0, 0.1) is 0 Å². The first kappa shape index (κ1) is 12.8. The highest BCUT2D eigenvalue weighted by molar-refractivity contribution is 7.92. The van der Waals surface area contributed by atoms with Crippen LogP contribution in [0.5, 0.6) is 0 Å². The zero-order valence-electron chi connectivity index (χ0n) is 7.89. The van der Waals surface area contributed by atoms with Crippen LogP contribution in [0.15, 0.2) is 24.3 Å². The zero-order valence-corrected chi connectivity index (χ0v) is 10.2. The predicted molar refractivity (Wildman–Crippen MR) is 60.9 cm³/mol. The van der Waals surface area contributed by atoms with Crippen molar-refractivity contribution in [2.24, 2.45) is 0 Å². The summed E-state index contributed by atoms with van der Waals surface area (Å²) in [6.45, 7) is 0. The lowest BCUT2D eigenvalue weighted by Gasteiger charge is -2.15. The van der Waals surface area contributed by atoms with Crippen molar-refractivity contribution >= 4 is 33.0 Å². The number of rotatable bonds is 3. The van der Waals surface area contributed by atoms with E-state index in [-0.39, 0.29) is 0 Å². The van der Waals surface area contributed by atoms with Crippen molar-refractivity contribution in [3.63, 3.8) is 0 Å². The number of benzene rings is 1. The molecule has 0 aliphatic heterocycles. The molecule has 0 saturated carbocycles. The summed E-state index contributed by atoms with van der Waals surface area (Å²) in [7, 11) is -3.48. The van der Waals surface area contributed by atoms with Crippen LogP contribution in [0.25, 0.3) is 0 Å². The smallest absolute Gasteiger partial charge is 0.167 e. The monoisotopic (exact) mass is 268 g/mol. The molecule has 0 fully saturated rings. The minimum absolute atomic E-state index is 0.421. The topological polar surface area (TPSA) is 54.4 Å². The third-order valence-corrected chi connectivity index (χ3v) is 4.41. The quantitative estimate of drug-likeness (QED) is 0.854. The number of aliphatic hydroxyl groups is 1. The largest absolute Gasteiger partial charge is 0.386 e. The number of alkyl halides is 1. The summed E-state index contributed by atoms with van der Waals surface area (Å²) in [5.41, 5.74) is 0.421. The van der Waals surface area contributed by atoms with Crippen LogP contribution in [-0.2, 0) is 9.84 Å². The lowest BCUT2D eigenvalue weighted by atomic mass is 10.1. The molecule has 0 spiro atoms. The SMILES string of the molecule is CS(=O)(=O)[C@@H](Cl)[C@H](O)c1ccc(Cl)cc1. The molecule has 0 aliphatic rings. The van der Waals surface area contributed by atoms with Gasteiger partial charge in [0, 0.05) is 11.3 Å². The van der Waals surface area contributed by atoms with Gasteiger partial charge < -0.3 is 5.11 Å². The molecule has 6 heteroatoms. The number of hydrogen-bond donors (Lipinski definition) is 1. The average Bonchev–Trinajstić information content (AvgIpc) is 2.15. The Bertz CT molecular complexity index is 427. The normalized spacial score (nSPS) is 16.0. The van der Waals surface area contributed by atoms with Crippen LogP contribution >= 0.6 is 23.2 Å². The van der Waals surface area contributed by atoms with Crippen molar-refractivity contribution in [1.82, 2.24) is 0 Å². The summed E-state index contributed by atoms with van der Waals surface area (Å²) in [5.74, 6) is 0. The number of hydrogen-bond acceptors (Lipinski definition) is 3. The van der Waals surface area contributed by atoms with Gasteiger partial charge in [0.15, 0.2) is 14.5 Å². The maximum Gasteiger partial charge on any atom is 0.167 e. The van der Waals surface area contributed by atoms with Crippen molar-refractivity contribution in [2.45, 2.75) is 10.8 Å². The molecule has 15 heavy (non-hydrogen) atoms. The fourth-order valence-electron chi connectivity index (χ4n) is 1.05. The van der Waals surface area contributed by atoms with Gasteiger partial charge in [0.05, 0.1) is 0 Å². The fraction of sp³-hybridized carbons (Fsp3) is 0.333. The molecule has 0 heterocycles. The minimum Gasteiger partial charge on any atom is -0.386 e. The van der Waals surface area contributed by atoms with Crippen LogP contribution < -0.4 is 0 Å². The molecule has 1 rings (SSSR count). The Hall–Kier alpha value is -0.290. The standard InChI is InChI=1S/C9H10Cl2O3S/c1-15(13,14)9(11)8(12)6-2-4-7(10)5-3-6/h2-5,8-9,12H,1H3/t8-,9-/m1/s1.